The lowest BCUT2D eigenvalue weighted by atomic mass is 9.88. The van der Waals surface area contributed by atoms with Gasteiger partial charge in [-0.15, -0.1) is 0 Å². The molecule has 0 spiro atoms. The third kappa shape index (κ3) is 1.65. The molecular weight excluding hydrogens is 119 g/mol. The first-order valence-corrected chi connectivity index (χ1v) is 3.52. The molecule has 1 fully saturated rings. The Labute approximate surface area is 54.9 Å². The predicted octanol–water partition coefficient (Wildman–Crippen LogP) is 1.51. The fourth-order valence-corrected chi connectivity index (χ4v) is 1.30. The van der Waals surface area contributed by atoms with Gasteiger partial charge in [0.25, 0.3) is 0 Å². The summed E-state index contributed by atoms with van der Waals surface area (Å²) in [6.45, 7) is 2.03. The van der Waals surface area contributed by atoms with Crippen molar-refractivity contribution in [2.45, 2.75) is 38.5 Å². The number of alkyl halides is 1. The maximum Gasteiger partial charge on any atom is 0.126 e. The van der Waals surface area contributed by atoms with Crippen LogP contribution in [0.15, 0.2) is 0 Å². The largest absolute Gasteiger partial charge is 0.390 e. The highest BCUT2D eigenvalue weighted by molar-refractivity contribution is 4.76. The molecule has 0 aromatic heterocycles. The molecule has 0 aliphatic heterocycles. The number of rotatable bonds is 0. The van der Waals surface area contributed by atoms with Gasteiger partial charge >= 0.3 is 0 Å². The third-order valence-corrected chi connectivity index (χ3v) is 2.00. The van der Waals surface area contributed by atoms with Crippen molar-refractivity contribution in [1.29, 1.82) is 0 Å². The Hall–Kier alpha value is -0.110. The van der Waals surface area contributed by atoms with Gasteiger partial charge < -0.3 is 5.11 Å². The molecule has 0 aromatic carbocycles. The maximum absolute atomic E-state index is 12.6. The van der Waals surface area contributed by atoms with E-state index in [1.165, 1.54) is 0 Å². The summed E-state index contributed by atoms with van der Waals surface area (Å²) in [4.78, 5) is 0. The number of aliphatic hydroxyl groups excluding tert-OH is 1. The van der Waals surface area contributed by atoms with Crippen molar-refractivity contribution in [3.8, 4) is 0 Å². The van der Waals surface area contributed by atoms with Crippen LogP contribution in [0, 0.1) is 5.92 Å². The SMILES string of the molecule is C[C@@H]1CC[C@H](O)[C@@H](F)C1. The van der Waals surface area contributed by atoms with Gasteiger partial charge in [-0.2, -0.15) is 0 Å². The summed E-state index contributed by atoms with van der Waals surface area (Å²) < 4.78 is 12.6. The third-order valence-electron chi connectivity index (χ3n) is 2.00. The molecule has 1 N–H and O–H groups in total. The Morgan fingerprint density at radius 2 is 2.11 bits per heavy atom. The summed E-state index contributed by atoms with van der Waals surface area (Å²) in [5.74, 6) is 0.461. The normalized spacial score (nSPS) is 45.0. The van der Waals surface area contributed by atoms with Gasteiger partial charge in [0.05, 0.1) is 6.10 Å². The van der Waals surface area contributed by atoms with E-state index in [0.717, 1.165) is 6.42 Å². The Morgan fingerprint density at radius 1 is 1.44 bits per heavy atom. The zero-order valence-electron chi connectivity index (χ0n) is 5.68. The van der Waals surface area contributed by atoms with Crippen LogP contribution in [0.2, 0.25) is 0 Å². The van der Waals surface area contributed by atoms with Crippen LogP contribution in [0.25, 0.3) is 0 Å². The van der Waals surface area contributed by atoms with E-state index >= 15 is 0 Å². The molecule has 9 heavy (non-hydrogen) atoms. The molecule has 0 heterocycles. The topological polar surface area (TPSA) is 20.2 Å². The van der Waals surface area contributed by atoms with E-state index in [4.69, 9.17) is 5.11 Å². The second-order valence-electron chi connectivity index (χ2n) is 3.00. The molecule has 1 rings (SSSR count). The minimum atomic E-state index is -0.964. The minimum Gasteiger partial charge on any atom is -0.390 e. The number of halogens is 1. The van der Waals surface area contributed by atoms with E-state index in [9.17, 15) is 4.39 Å². The van der Waals surface area contributed by atoms with Crippen molar-refractivity contribution in [1.82, 2.24) is 0 Å². The molecule has 1 nitrogen and oxygen atoms in total. The number of hydrogen-bond donors (Lipinski definition) is 1. The lowest BCUT2D eigenvalue weighted by Crippen LogP contribution is -2.29. The Morgan fingerprint density at radius 3 is 2.56 bits per heavy atom. The molecule has 2 heteroatoms. The Kier molecular flexibility index (Phi) is 2.06. The molecule has 0 unspecified atom stereocenters. The highest BCUT2D eigenvalue weighted by atomic mass is 19.1. The maximum atomic E-state index is 12.6. The standard InChI is InChI=1S/C7H13FO/c1-5-2-3-7(9)6(8)4-5/h5-7,9H,2-4H2,1H3/t5-,6+,7+/m1/s1. The summed E-state index contributed by atoms with van der Waals surface area (Å²) in [5, 5.41) is 8.92. The van der Waals surface area contributed by atoms with Crippen LogP contribution < -0.4 is 0 Å². The summed E-state index contributed by atoms with van der Waals surface area (Å²) >= 11 is 0. The lowest BCUT2D eigenvalue weighted by Gasteiger charge is -2.25. The second kappa shape index (κ2) is 2.65. The van der Waals surface area contributed by atoms with Gasteiger partial charge in [-0.05, 0) is 25.2 Å². The average Bonchev–Trinajstić information content (AvgIpc) is 1.80. The van der Waals surface area contributed by atoms with Gasteiger partial charge in [-0.3, -0.25) is 0 Å². The van der Waals surface area contributed by atoms with Crippen molar-refractivity contribution in [2.24, 2.45) is 5.92 Å². The van der Waals surface area contributed by atoms with Gasteiger partial charge in [0.1, 0.15) is 6.17 Å². The van der Waals surface area contributed by atoms with E-state index in [-0.39, 0.29) is 0 Å². The number of aliphatic hydroxyl groups is 1. The molecule has 0 bridgehead atoms. The van der Waals surface area contributed by atoms with Crippen LogP contribution in [0.5, 0.6) is 0 Å². The molecule has 0 amide bonds. The van der Waals surface area contributed by atoms with Gasteiger partial charge in [0, 0.05) is 0 Å². The first kappa shape index (κ1) is 7.00. The molecule has 0 saturated heterocycles. The summed E-state index contributed by atoms with van der Waals surface area (Å²) in [7, 11) is 0. The lowest BCUT2D eigenvalue weighted by molar-refractivity contribution is 0.0278. The second-order valence-corrected chi connectivity index (χ2v) is 3.00. The monoisotopic (exact) mass is 132 g/mol. The van der Waals surface area contributed by atoms with Crippen molar-refractivity contribution in [3.63, 3.8) is 0 Å². The highest BCUT2D eigenvalue weighted by Crippen LogP contribution is 2.25. The van der Waals surface area contributed by atoms with Gasteiger partial charge in [0.15, 0.2) is 0 Å². The fraction of sp³-hybridized carbons (Fsp3) is 1.00. The molecular formula is C7H13FO. The van der Waals surface area contributed by atoms with Gasteiger partial charge in [-0.1, -0.05) is 6.92 Å². The first-order chi connectivity index (χ1) is 4.20. The van der Waals surface area contributed by atoms with E-state index < -0.39 is 12.3 Å². The summed E-state index contributed by atoms with van der Waals surface area (Å²) in [6, 6.07) is 0. The molecule has 0 radical (unpaired) electrons. The molecule has 1 aliphatic carbocycles. The Bertz CT molecular complexity index is 94.9. The first-order valence-electron chi connectivity index (χ1n) is 3.52. The van der Waals surface area contributed by atoms with E-state index in [2.05, 4.69) is 0 Å². The molecule has 54 valence electrons. The summed E-state index contributed by atoms with van der Waals surface area (Å²) in [6.07, 6.45) is 0.514. The highest BCUT2D eigenvalue weighted by Gasteiger charge is 2.26. The Balaban J connectivity index is 2.35. The van der Waals surface area contributed by atoms with Crippen molar-refractivity contribution >= 4 is 0 Å². The van der Waals surface area contributed by atoms with Crippen LogP contribution >= 0.6 is 0 Å². The van der Waals surface area contributed by atoms with Crippen LogP contribution in [0.3, 0.4) is 0 Å². The van der Waals surface area contributed by atoms with Crippen LogP contribution in [0.1, 0.15) is 26.2 Å². The zero-order chi connectivity index (χ0) is 6.85. The van der Waals surface area contributed by atoms with Crippen LogP contribution in [0.4, 0.5) is 4.39 Å². The molecule has 1 aliphatic rings. The van der Waals surface area contributed by atoms with E-state index in [1.54, 1.807) is 0 Å². The van der Waals surface area contributed by atoms with Crippen molar-refractivity contribution in [2.75, 3.05) is 0 Å². The van der Waals surface area contributed by atoms with Gasteiger partial charge in [0.2, 0.25) is 0 Å². The smallest absolute Gasteiger partial charge is 0.126 e. The fourth-order valence-electron chi connectivity index (χ4n) is 1.30. The van der Waals surface area contributed by atoms with E-state index in [1.807, 2.05) is 6.92 Å². The molecule has 0 aromatic rings. The van der Waals surface area contributed by atoms with Crippen LogP contribution in [-0.2, 0) is 0 Å². The number of hydrogen-bond acceptors (Lipinski definition) is 1. The van der Waals surface area contributed by atoms with Crippen molar-refractivity contribution in [3.05, 3.63) is 0 Å². The quantitative estimate of drug-likeness (QED) is 0.529. The summed E-state index contributed by atoms with van der Waals surface area (Å²) in [5.41, 5.74) is 0. The minimum absolute atomic E-state index is 0.461. The molecule has 3 atom stereocenters. The van der Waals surface area contributed by atoms with E-state index in [0.29, 0.717) is 18.8 Å². The van der Waals surface area contributed by atoms with Crippen molar-refractivity contribution < 1.29 is 9.50 Å². The average molecular weight is 132 g/mol. The molecule has 1 saturated carbocycles. The van der Waals surface area contributed by atoms with Crippen LogP contribution in [-0.4, -0.2) is 17.4 Å². The van der Waals surface area contributed by atoms with Gasteiger partial charge in [-0.25, -0.2) is 4.39 Å². The zero-order valence-corrected chi connectivity index (χ0v) is 5.68. The predicted molar refractivity (Wildman–Crippen MR) is 33.9 cm³/mol.